The van der Waals surface area contributed by atoms with Crippen LogP contribution in [0.15, 0.2) is 48.8 Å². The van der Waals surface area contributed by atoms with Gasteiger partial charge in [-0.1, -0.05) is 11.6 Å². The maximum absolute atomic E-state index is 12.6. The van der Waals surface area contributed by atoms with Gasteiger partial charge in [0.05, 0.1) is 11.7 Å². The fourth-order valence-corrected chi connectivity index (χ4v) is 2.55. The number of nitrogens with one attached hydrogen (secondary N) is 1. The molecular weight excluding hydrogens is 354 g/mol. The van der Waals surface area contributed by atoms with E-state index in [1.807, 2.05) is 30.8 Å². The van der Waals surface area contributed by atoms with Crippen molar-refractivity contribution >= 4 is 17.5 Å². The number of halogens is 1. The maximum Gasteiger partial charge on any atom is 0.270 e. The number of ether oxygens (including phenoxy) is 1. The Morgan fingerprint density at radius 2 is 2.04 bits per heavy atom. The van der Waals surface area contributed by atoms with E-state index in [1.54, 1.807) is 36.5 Å². The summed E-state index contributed by atoms with van der Waals surface area (Å²) in [5, 5.41) is 12.1. The zero-order valence-electron chi connectivity index (χ0n) is 14.6. The van der Waals surface area contributed by atoms with Crippen LogP contribution >= 0.6 is 11.6 Å². The highest BCUT2D eigenvalue weighted by Gasteiger charge is 2.17. The van der Waals surface area contributed by atoms with Crippen LogP contribution in [-0.2, 0) is 13.3 Å². The van der Waals surface area contributed by atoms with Crippen LogP contribution in [0.25, 0.3) is 0 Å². The van der Waals surface area contributed by atoms with Gasteiger partial charge in [0.25, 0.3) is 5.91 Å². The van der Waals surface area contributed by atoms with Crippen LogP contribution in [0.2, 0.25) is 5.02 Å². The molecule has 1 N–H and O–H groups in total. The molecule has 0 aliphatic heterocycles. The molecule has 0 spiro atoms. The number of rotatable bonds is 7. The van der Waals surface area contributed by atoms with Crippen LogP contribution in [0, 0.1) is 0 Å². The molecule has 3 aromatic rings. The average Bonchev–Trinajstić information content (AvgIpc) is 3.30. The van der Waals surface area contributed by atoms with E-state index in [0.29, 0.717) is 16.5 Å². The van der Waals surface area contributed by atoms with Crippen molar-refractivity contribution in [2.75, 3.05) is 0 Å². The van der Waals surface area contributed by atoms with Gasteiger partial charge in [0.2, 0.25) is 0 Å². The summed E-state index contributed by atoms with van der Waals surface area (Å²) in [6, 6.07) is 10.3. The number of amides is 1. The van der Waals surface area contributed by atoms with E-state index >= 15 is 0 Å². The molecule has 0 radical (unpaired) electrons. The Balaban J connectivity index is 1.63. The lowest BCUT2D eigenvalue weighted by atomic mass is 10.2. The van der Waals surface area contributed by atoms with Crippen LogP contribution in [0.3, 0.4) is 0 Å². The van der Waals surface area contributed by atoms with Gasteiger partial charge in [-0.2, -0.15) is 10.2 Å². The Morgan fingerprint density at radius 3 is 2.73 bits per heavy atom. The molecule has 1 aromatic carbocycles. The highest BCUT2D eigenvalue weighted by Crippen LogP contribution is 2.16. The van der Waals surface area contributed by atoms with Crippen LogP contribution in [0.1, 0.15) is 36.1 Å². The first-order chi connectivity index (χ1) is 12.6. The zero-order valence-corrected chi connectivity index (χ0v) is 15.3. The Kier molecular flexibility index (Phi) is 5.58. The molecule has 0 saturated carbocycles. The van der Waals surface area contributed by atoms with Crippen molar-refractivity contribution in [2.24, 2.45) is 0 Å². The third-order valence-electron chi connectivity index (χ3n) is 3.89. The van der Waals surface area contributed by atoms with E-state index in [-0.39, 0.29) is 18.7 Å². The van der Waals surface area contributed by atoms with Gasteiger partial charge >= 0.3 is 0 Å². The largest absolute Gasteiger partial charge is 0.471 e. The molecule has 3 rings (SSSR count). The van der Waals surface area contributed by atoms with Crippen LogP contribution < -0.4 is 10.1 Å². The average molecular weight is 374 g/mol. The molecule has 136 valence electrons. The monoisotopic (exact) mass is 373 g/mol. The van der Waals surface area contributed by atoms with Gasteiger partial charge in [-0.25, -0.2) is 4.68 Å². The number of nitrogens with zero attached hydrogens (tertiary/aromatic N) is 4. The number of aryl methyl sites for hydroxylation is 1. The lowest BCUT2D eigenvalue weighted by molar-refractivity contribution is 0.0917. The van der Waals surface area contributed by atoms with Crippen molar-refractivity contribution in [3.63, 3.8) is 0 Å². The fraction of sp³-hybridized carbons (Fsp3) is 0.278. The van der Waals surface area contributed by atoms with Crippen molar-refractivity contribution in [3.05, 3.63) is 65.2 Å². The van der Waals surface area contributed by atoms with Gasteiger partial charge < -0.3 is 10.1 Å². The Morgan fingerprint density at radius 1 is 1.27 bits per heavy atom. The molecule has 0 saturated heterocycles. The third kappa shape index (κ3) is 4.23. The Labute approximate surface area is 156 Å². The molecule has 1 atom stereocenters. The number of carbonyl (C=O) groups is 1. The summed E-state index contributed by atoms with van der Waals surface area (Å²) in [7, 11) is 0. The number of hydrogen-bond acceptors (Lipinski definition) is 4. The summed E-state index contributed by atoms with van der Waals surface area (Å²) in [6.45, 7) is 4.82. The molecule has 0 aliphatic carbocycles. The van der Waals surface area contributed by atoms with Gasteiger partial charge in [0.15, 0.2) is 6.73 Å². The minimum Gasteiger partial charge on any atom is -0.471 e. The summed E-state index contributed by atoms with van der Waals surface area (Å²) in [5.74, 6) is 0.412. The maximum atomic E-state index is 12.6. The number of carbonyl (C=O) groups excluding carboxylic acids is 1. The molecule has 2 aromatic heterocycles. The highest BCUT2D eigenvalue weighted by molar-refractivity contribution is 6.30. The Bertz CT molecular complexity index is 872. The smallest absolute Gasteiger partial charge is 0.270 e. The quantitative estimate of drug-likeness (QED) is 0.689. The van der Waals surface area contributed by atoms with E-state index in [1.165, 1.54) is 4.68 Å². The van der Waals surface area contributed by atoms with Gasteiger partial charge in [0, 0.05) is 24.0 Å². The van der Waals surface area contributed by atoms with Crippen molar-refractivity contribution < 1.29 is 9.53 Å². The predicted octanol–water partition coefficient (Wildman–Crippen LogP) is 3.28. The van der Waals surface area contributed by atoms with Crippen molar-refractivity contribution in [2.45, 2.75) is 33.2 Å². The molecule has 0 bridgehead atoms. The van der Waals surface area contributed by atoms with Crippen LogP contribution in [0.5, 0.6) is 5.75 Å². The van der Waals surface area contributed by atoms with Gasteiger partial charge in [0.1, 0.15) is 11.4 Å². The van der Waals surface area contributed by atoms with Gasteiger partial charge in [-0.3, -0.25) is 9.48 Å². The van der Waals surface area contributed by atoms with Crippen molar-refractivity contribution in [3.8, 4) is 5.75 Å². The number of aromatic nitrogens is 4. The normalized spacial score (nSPS) is 12.0. The molecule has 2 heterocycles. The second-order valence-electron chi connectivity index (χ2n) is 5.73. The summed E-state index contributed by atoms with van der Waals surface area (Å²) in [6.07, 6.45) is 3.46. The molecule has 0 aliphatic rings. The van der Waals surface area contributed by atoms with Crippen LogP contribution in [0.4, 0.5) is 0 Å². The van der Waals surface area contributed by atoms with E-state index in [4.69, 9.17) is 16.3 Å². The summed E-state index contributed by atoms with van der Waals surface area (Å²) < 4.78 is 8.97. The molecule has 26 heavy (non-hydrogen) atoms. The topological polar surface area (TPSA) is 74.0 Å². The van der Waals surface area contributed by atoms with Crippen molar-refractivity contribution in [1.29, 1.82) is 0 Å². The van der Waals surface area contributed by atoms with E-state index in [2.05, 4.69) is 15.5 Å². The molecule has 0 fully saturated rings. The first-order valence-electron chi connectivity index (χ1n) is 8.31. The molecule has 1 amide bonds. The molecule has 1 unspecified atom stereocenters. The van der Waals surface area contributed by atoms with E-state index in [9.17, 15) is 4.79 Å². The summed E-state index contributed by atoms with van der Waals surface area (Å²) in [4.78, 5) is 12.6. The number of benzene rings is 1. The highest BCUT2D eigenvalue weighted by atomic mass is 35.5. The van der Waals surface area contributed by atoms with Gasteiger partial charge in [-0.15, -0.1) is 0 Å². The fourth-order valence-electron chi connectivity index (χ4n) is 2.42. The molecule has 8 heteroatoms. The van der Waals surface area contributed by atoms with Crippen molar-refractivity contribution in [1.82, 2.24) is 24.9 Å². The second kappa shape index (κ2) is 8.05. The third-order valence-corrected chi connectivity index (χ3v) is 4.14. The minimum absolute atomic E-state index is 0.121. The minimum atomic E-state index is -0.235. The number of hydrogen-bond donors (Lipinski definition) is 1. The van der Waals surface area contributed by atoms with Gasteiger partial charge in [-0.05, 0) is 50.2 Å². The molecular formula is C18H20ClN5O2. The summed E-state index contributed by atoms with van der Waals surface area (Å²) >= 11 is 5.86. The Hall–Kier alpha value is -2.80. The predicted molar refractivity (Wildman–Crippen MR) is 98.1 cm³/mol. The zero-order chi connectivity index (χ0) is 18.5. The lowest BCUT2D eigenvalue weighted by Crippen LogP contribution is -2.29. The SMILES string of the molecule is CCn1ccc(C(C)NC(=O)c2ccnn2COc2ccc(Cl)cc2)n1. The second-order valence-corrected chi connectivity index (χ2v) is 6.17. The first-order valence-corrected chi connectivity index (χ1v) is 8.69. The van der Waals surface area contributed by atoms with E-state index < -0.39 is 0 Å². The lowest BCUT2D eigenvalue weighted by Gasteiger charge is -2.13. The standard InChI is InChI=1S/C18H20ClN5O2/c1-3-23-11-9-16(22-23)13(2)21-18(25)17-8-10-20-24(17)12-26-15-6-4-14(19)5-7-15/h4-11,13H,3,12H2,1-2H3,(H,21,25). The molecule has 7 nitrogen and oxygen atoms in total. The summed E-state index contributed by atoms with van der Waals surface area (Å²) in [5.41, 5.74) is 1.23. The van der Waals surface area contributed by atoms with E-state index in [0.717, 1.165) is 12.2 Å². The first kappa shape index (κ1) is 18.0. The van der Waals surface area contributed by atoms with Crippen LogP contribution in [-0.4, -0.2) is 25.5 Å².